The Hall–Kier alpha value is -1.10. The number of nitrogens with zero attached hydrogens (tertiary/aromatic N) is 1. The standard InChI is InChI=1S/C14H26N2O3/c1-11(14(15)18)7-8-13(17)16(2)9-3-5-12-6-4-10-19-12/h11-12H,3-10H2,1-2H3,(H2,15,18)/t11?,12-/m0/s1. The molecule has 1 heterocycles. The minimum atomic E-state index is -0.339. The Morgan fingerprint density at radius 1 is 1.47 bits per heavy atom. The lowest BCUT2D eigenvalue weighted by Gasteiger charge is -2.19. The van der Waals surface area contributed by atoms with E-state index >= 15 is 0 Å². The number of carbonyl (C=O) groups is 2. The summed E-state index contributed by atoms with van der Waals surface area (Å²) in [6.07, 6.45) is 5.61. The van der Waals surface area contributed by atoms with Crippen molar-refractivity contribution < 1.29 is 14.3 Å². The highest BCUT2D eigenvalue weighted by atomic mass is 16.5. The molecule has 0 radical (unpaired) electrons. The summed E-state index contributed by atoms with van der Waals surface area (Å²) in [6.45, 7) is 3.39. The second kappa shape index (κ2) is 8.15. The third-order valence-corrected chi connectivity index (χ3v) is 3.75. The first kappa shape index (κ1) is 16.0. The molecule has 5 heteroatoms. The molecule has 2 atom stereocenters. The van der Waals surface area contributed by atoms with Gasteiger partial charge in [-0.3, -0.25) is 9.59 Å². The van der Waals surface area contributed by atoms with Crippen LogP contribution in [0.1, 0.15) is 45.4 Å². The van der Waals surface area contributed by atoms with Gasteiger partial charge in [0, 0.05) is 32.5 Å². The molecule has 1 rings (SSSR count). The molecule has 0 aromatic carbocycles. The average molecular weight is 270 g/mol. The van der Waals surface area contributed by atoms with Crippen LogP contribution < -0.4 is 5.73 Å². The molecular formula is C14H26N2O3. The lowest BCUT2D eigenvalue weighted by Crippen LogP contribution is -2.29. The van der Waals surface area contributed by atoms with Crippen molar-refractivity contribution in [3.63, 3.8) is 0 Å². The molecule has 110 valence electrons. The molecule has 0 bridgehead atoms. The highest BCUT2D eigenvalue weighted by Gasteiger charge is 2.17. The van der Waals surface area contributed by atoms with E-state index in [-0.39, 0.29) is 17.7 Å². The number of ether oxygens (including phenoxy) is 1. The zero-order valence-corrected chi connectivity index (χ0v) is 12.1. The summed E-state index contributed by atoms with van der Waals surface area (Å²) in [6, 6.07) is 0. The lowest BCUT2D eigenvalue weighted by molar-refractivity contribution is -0.130. The van der Waals surface area contributed by atoms with Crippen molar-refractivity contribution in [2.24, 2.45) is 11.7 Å². The predicted octanol–water partition coefficient (Wildman–Crippen LogP) is 1.31. The Bertz CT molecular complexity index is 301. The summed E-state index contributed by atoms with van der Waals surface area (Å²) in [5.74, 6) is -0.487. The van der Waals surface area contributed by atoms with E-state index in [0.717, 1.165) is 38.8 Å². The van der Waals surface area contributed by atoms with E-state index in [9.17, 15) is 9.59 Å². The fourth-order valence-corrected chi connectivity index (χ4v) is 2.23. The first-order chi connectivity index (χ1) is 9.00. The topological polar surface area (TPSA) is 72.6 Å². The average Bonchev–Trinajstić information content (AvgIpc) is 2.88. The Morgan fingerprint density at radius 3 is 2.79 bits per heavy atom. The van der Waals surface area contributed by atoms with E-state index in [1.165, 1.54) is 0 Å². The number of primary amides is 1. The van der Waals surface area contributed by atoms with Crippen LogP contribution in [0.15, 0.2) is 0 Å². The predicted molar refractivity (Wildman–Crippen MR) is 73.4 cm³/mol. The SMILES string of the molecule is CC(CCC(=O)N(C)CCC[C@H]1CCCO1)C(N)=O. The molecule has 0 spiro atoms. The second-order valence-corrected chi connectivity index (χ2v) is 5.43. The summed E-state index contributed by atoms with van der Waals surface area (Å²) in [5.41, 5.74) is 5.17. The number of hydrogen-bond donors (Lipinski definition) is 1. The fraction of sp³-hybridized carbons (Fsp3) is 0.857. The van der Waals surface area contributed by atoms with Crippen LogP contribution in [0.5, 0.6) is 0 Å². The van der Waals surface area contributed by atoms with Crippen molar-refractivity contribution in [2.75, 3.05) is 20.2 Å². The van der Waals surface area contributed by atoms with Gasteiger partial charge in [-0.25, -0.2) is 0 Å². The molecule has 5 nitrogen and oxygen atoms in total. The minimum absolute atomic E-state index is 0.0837. The van der Waals surface area contributed by atoms with Crippen LogP contribution in [0.4, 0.5) is 0 Å². The van der Waals surface area contributed by atoms with Gasteiger partial charge in [0.1, 0.15) is 0 Å². The van der Waals surface area contributed by atoms with Crippen molar-refractivity contribution in [1.29, 1.82) is 0 Å². The number of nitrogens with two attached hydrogens (primary N) is 1. The highest BCUT2D eigenvalue weighted by molar-refractivity contribution is 5.79. The van der Waals surface area contributed by atoms with Crippen molar-refractivity contribution in [3.05, 3.63) is 0 Å². The van der Waals surface area contributed by atoms with E-state index in [1.54, 1.807) is 11.8 Å². The molecule has 1 fully saturated rings. The smallest absolute Gasteiger partial charge is 0.222 e. The molecule has 2 amide bonds. The molecule has 0 saturated carbocycles. The van der Waals surface area contributed by atoms with Gasteiger partial charge in [0.05, 0.1) is 6.10 Å². The number of hydrogen-bond acceptors (Lipinski definition) is 3. The van der Waals surface area contributed by atoms with Gasteiger partial charge in [0.25, 0.3) is 0 Å². The van der Waals surface area contributed by atoms with E-state index in [0.29, 0.717) is 18.9 Å². The molecule has 1 aliphatic rings. The lowest BCUT2D eigenvalue weighted by atomic mass is 10.0. The number of rotatable bonds is 8. The molecule has 1 saturated heterocycles. The third-order valence-electron chi connectivity index (χ3n) is 3.75. The molecule has 1 aliphatic heterocycles. The largest absolute Gasteiger partial charge is 0.378 e. The molecule has 2 N–H and O–H groups in total. The molecular weight excluding hydrogens is 244 g/mol. The van der Waals surface area contributed by atoms with Crippen molar-refractivity contribution >= 4 is 11.8 Å². The van der Waals surface area contributed by atoms with Gasteiger partial charge in [-0.15, -0.1) is 0 Å². The van der Waals surface area contributed by atoms with Crippen LogP contribution in [0.2, 0.25) is 0 Å². The van der Waals surface area contributed by atoms with Crippen LogP contribution in [-0.4, -0.2) is 43.0 Å². The Labute approximate surface area is 115 Å². The van der Waals surface area contributed by atoms with E-state index in [4.69, 9.17) is 10.5 Å². The monoisotopic (exact) mass is 270 g/mol. The van der Waals surface area contributed by atoms with Gasteiger partial charge in [0.2, 0.25) is 11.8 Å². The minimum Gasteiger partial charge on any atom is -0.378 e. The van der Waals surface area contributed by atoms with Crippen LogP contribution >= 0.6 is 0 Å². The summed E-state index contributed by atoms with van der Waals surface area (Å²) in [4.78, 5) is 24.5. The number of amides is 2. The van der Waals surface area contributed by atoms with Crippen LogP contribution in [0.3, 0.4) is 0 Å². The van der Waals surface area contributed by atoms with Crippen molar-refractivity contribution in [1.82, 2.24) is 4.90 Å². The van der Waals surface area contributed by atoms with Crippen LogP contribution in [0, 0.1) is 5.92 Å². The summed E-state index contributed by atoms with van der Waals surface area (Å²) in [5, 5.41) is 0. The second-order valence-electron chi connectivity index (χ2n) is 5.43. The first-order valence-corrected chi connectivity index (χ1v) is 7.15. The van der Waals surface area contributed by atoms with Crippen molar-refractivity contribution in [2.45, 2.75) is 51.6 Å². The van der Waals surface area contributed by atoms with Gasteiger partial charge in [-0.1, -0.05) is 6.92 Å². The maximum Gasteiger partial charge on any atom is 0.222 e. The Morgan fingerprint density at radius 2 is 2.21 bits per heavy atom. The molecule has 1 unspecified atom stereocenters. The zero-order chi connectivity index (χ0) is 14.3. The van der Waals surface area contributed by atoms with Crippen molar-refractivity contribution in [3.8, 4) is 0 Å². The van der Waals surface area contributed by atoms with Crippen LogP contribution in [0.25, 0.3) is 0 Å². The molecule has 0 aromatic rings. The summed E-state index contributed by atoms with van der Waals surface area (Å²) in [7, 11) is 1.81. The van der Waals surface area contributed by atoms with Gasteiger partial charge < -0.3 is 15.4 Å². The highest BCUT2D eigenvalue weighted by Crippen LogP contribution is 2.17. The quantitative estimate of drug-likeness (QED) is 0.722. The fourth-order valence-electron chi connectivity index (χ4n) is 2.23. The molecule has 0 aliphatic carbocycles. The van der Waals surface area contributed by atoms with E-state index < -0.39 is 0 Å². The number of carbonyl (C=O) groups excluding carboxylic acids is 2. The van der Waals surface area contributed by atoms with Gasteiger partial charge in [0.15, 0.2) is 0 Å². The third kappa shape index (κ3) is 6.05. The maximum absolute atomic E-state index is 11.8. The van der Waals surface area contributed by atoms with Gasteiger partial charge >= 0.3 is 0 Å². The van der Waals surface area contributed by atoms with E-state index in [2.05, 4.69) is 0 Å². The van der Waals surface area contributed by atoms with Gasteiger partial charge in [-0.05, 0) is 32.1 Å². The van der Waals surface area contributed by atoms with Gasteiger partial charge in [-0.2, -0.15) is 0 Å². The summed E-state index contributed by atoms with van der Waals surface area (Å²) < 4.78 is 5.55. The maximum atomic E-state index is 11.8. The molecule has 0 aromatic heterocycles. The zero-order valence-electron chi connectivity index (χ0n) is 12.1. The van der Waals surface area contributed by atoms with Crippen LogP contribution in [-0.2, 0) is 14.3 Å². The Kier molecular flexibility index (Phi) is 6.84. The Balaban J connectivity index is 2.11. The molecule has 19 heavy (non-hydrogen) atoms. The normalized spacial score (nSPS) is 20.2. The first-order valence-electron chi connectivity index (χ1n) is 7.15. The summed E-state index contributed by atoms with van der Waals surface area (Å²) >= 11 is 0. The van der Waals surface area contributed by atoms with E-state index in [1.807, 2.05) is 7.05 Å².